The molecule has 1 N–H and O–H groups in total. The van der Waals surface area contributed by atoms with Gasteiger partial charge in [-0.15, -0.1) is 0 Å². The SMILES string of the molecule is CCCNc1ncnc(Sc2cc(F)ccc2F)c1OC. The molecule has 1 aromatic carbocycles. The molecular weight excluding hydrogens is 296 g/mol. The van der Waals surface area contributed by atoms with Crippen LogP contribution in [0.4, 0.5) is 14.6 Å². The van der Waals surface area contributed by atoms with Gasteiger partial charge in [-0.1, -0.05) is 18.7 Å². The van der Waals surface area contributed by atoms with Crippen LogP contribution in [0.1, 0.15) is 13.3 Å². The second-order valence-electron chi connectivity index (χ2n) is 4.16. The van der Waals surface area contributed by atoms with Crippen molar-refractivity contribution >= 4 is 17.6 Å². The number of methoxy groups -OCH3 is 1. The van der Waals surface area contributed by atoms with Gasteiger partial charge in [0.05, 0.1) is 12.0 Å². The Kier molecular flexibility index (Phi) is 5.32. The summed E-state index contributed by atoms with van der Waals surface area (Å²) in [6, 6.07) is 3.28. The summed E-state index contributed by atoms with van der Waals surface area (Å²) >= 11 is 0.996. The standard InChI is InChI=1S/C14H15F2N3OS/c1-3-6-17-13-12(20-2)14(19-8-18-13)21-11-7-9(15)4-5-10(11)16/h4-5,7-8H,3,6H2,1-2H3,(H,17,18,19). The second kappa shape index (κ2) is 7.21. The maximum Gasteiger partial charge on any atom is 0.194 e. The summed E-state index contributed by atoms with van der Waals surface area (Å²) in [5.41, 5.74) is 0. The first-order chi connectivity index (χ1) is 10.2. The van der Waals surface area contributed by atoms with Crippen molar-refractivity contribution in [3.05, 3.63) is 36.2 Å². The monoisotopic (exact) mass is 311 g/mol. The van der Waals surface area contributed by atoms with E-state index in [4.69, 9.17) is 4.74 Å². The lowest BCUT2D eigenvalue weighted by atomic mass is 10.3. The van der Waals surface area contributed by atoms with E-state index in [0.29, 0.717) is 16.6 Å². The van der Waals surface area contributed by atoms with Crippen molar-refractivity contribution < 1.29 is 13.5 Å². The van der Waals surface area contributed by atoms with E-state index in [1.54, 1.807) is 0 Å². The van der Waals surface area contributed by atoms with E-state index in [1.165, 1.54) is 13.4 Å². The molecule has 112 valence electrons. The number of rotatable bonds is 6. The first-order valence-corrected chi connectivity index (χ1v) is 7.23. The third-order valence-electron chi connectivity index (χ3n) is 2.62. The second-order valence-corrected chi connectivity index (χ2v) is 5.19. The summed E-state index contributed by atoms with van der Waals surface area (Å²) < 4.78 is 32.2. The Bertz CT molecular complexity index is 625. The molecule has 0 unspecified atom stereocenters. The van der Waals surface area contributed by atoms with E-state index < -0.39 is 11.6 Å². The molecular formula is C14H15F2N3OS. The highest BCUT2D eigenvalue weighted by Gasteiger charge is 2.15. The molecule has 1 aromatic heterocycles. The summed E-state index contributed by atoms with van der Waals surface area (Å²) in [6.07, 6.45) is 2.29. The molecule has 0 bridgehead atoms. The van der Waals surface area contributed by atoms with Gasteiger partial charge in [-0.2, -0.15) is 0 Å². The summed E-state index contributed by atoms with van der Waals surface area (Å²) in [6.45, 7) is 2.75. The molecule has 0 saturated heterocycles. The number of hydrogen-bond donors (Lipinski definition) is 1. The molecule has 0 aliphatic heterocycles. The lowest BCUT2D eigenvalue weighted by Crippen LogP contribution is -2.05. The summed E-state index contributed by atoms with van der Waals surface area (Å²) in [5, 5.41) is 3.54. The van der Waals surface area contributed by atoms with Gasteiger partial charge in [0.1, 0.15) is 23.0 Å². The molecule has 1 heterocycles. The first kappa shape index (κ1) is 15.5. The zero-order valence-corrected chi connectivity index (χ0v) is 12.5. The third kappa shape index (κ3) is 3.81. The van der Waals surface area contributed by atoms with Crippen LogP contribution in [0.15, 0.2) is 34.4 Å². The zero-order valence-electron chi connectivity index (χ0n) is 11.7. The van der Waals surface area contributed by atoms with Crippen LogP contribution in [0.2, 0.25) is 0 Å². The van der Waals surface area contributed by atoms with Crippen LogP contribution in [0, 0.1) is 11.6 Å². The number of aromatic nitrogens is 2. The molecule has 0 atom stereocenters. The maximum atomic E-state index is 13.7. The number of nitrogens with one attached hydrogen (secondary N) is 1. The molecule has 0 radical (unpaired) electrons. The van der Waals surface area contributed by atoms with Gasteiger partial charge >= 0.3 is 0 Å². The Morgan fingerprint density at radius 1 is 1.29 bits per heavy atom. The van der Waals surface area contributed by atoms with Crippen LogP contribution in [-0.2, 0) is 0 Å². The van der Waals surface area contributed by atoms with E-state index in [0.717, 1.165) is 42.9 Å². The van der Waals surface area contributed by atoms with Crippen LogP contribution in [0.25, 0.3) is 0 Å². The molecule has 4 nitrogen and oxygen atoms in total. The average Bonchev–Trinajstić information content (AvgIpc) is 2.49. The topological polar surface area (TPSA) is 47.0 Å². The van der Waals surface area contributed by atoms with E-state index >= 15 is 0 Å². The highest BCUT2D eigenvalue weighted by atomic mass is 32.2. The molecule has 0 spiro atoms. The fraction of sp³-hybridized carbons (Fsp3) is 0.286. The molecule has 7 heteroatoms. The molecule has 0 aliphatic rings. The van der Waals surface area contributed by atoms with Crippen molar-refractivity contribution in [2.45, 2.75) is 23.3 Å². The Morgan fingerprint density at radius 2 is 2.10 bits per heavy atom. The predicted octanol–water partition coefficient (Wildman–Crippen LogP) is 3.74. The van der Waals surface area contributed by atoms with Crippen LogP contribution in [-0.4, -0.2) is 23.6 Å². The summed E-state index contributed by atoms with van der Waals surface area (Å²) in [7, 11) is 1.49. The summed E-state index contributed by atoms with van der Waals surface area (Å²) in [4.78, 5) is 8.33. The fourth-order valence-electron chi connectivity index (χ4n) is 1.64. The Hall–Kier alpha value is -1.89. The number of nitrogens with zero attached hydrogens (tertiary/aromatic N) is 2. The summed E-state index contributed by atoms with van der Waals surface area (Å²) in [5.74, 6) is -0.0605. The Balaban J connectivity index is 2.33. The van der Waals surface area contributed by atoms with Crippen molar-refractivity contribution in [3.8, 4) is 5.75 Å². The predicted molar refractivity (Wildman–Crippen MR) is 77.8 cm³/mol. The van der Waals surface area contributed by atoms with Crippen molar-refractivity contribution in [3.63, 3.8) is 0 Å². The lowest BCUT2D eigenvalue weighted by molar-refractivity contribution is 0.400. The number of hydrogen-bond acceptors (Lipinski definition) is 5. The highest BCUT2D eigenvalue weighted by molar-refractivity contribution is 7.99. The van der Waals surface area contributed by atoms with Gasteiger partial charge < -0.3 is 10.1 Å². The van der Waals surface area contributed by atoms with Gasteiger partial charge in [0.15, 0.2) is 11.6 Å². The Labute approximate surface area is 126 Å². The largest absolute Gasteiger partial charge is 0.490 e. The van der Waals surface area contributed by atoms with E-state index in [-0.39, 0.29) is 4.90 Å². The number of anilines is 1. The normalized spacial score (nSPS) is 10.5. The minimum Gasteiger partial charge on any atom is -0.490 e. The van der Waals surface area contributed by atoms with Gasteiger partial charge in [0.25, 0.3) is 0 Å². The highest BCUT2D eigenvalue weighted by Crippen LogP contribution is 2.37. The lowest BCUT2D eigenvalue weighted by Gasteiger charge is -2.12. The van der Waals surface area contributed by atoms with Gasteiger partial charge in [-0.05, 0) is 24.6 Å². The molecule has 2 aromatic rings. The minimum absolute atomic E-state index is 0.147. The van der Waals surface area contributed by atoms with Crippen molar-refractivity contribution in [1.82, 2.24) is 9.97 Å². The van der Waals surface area contributed by atoms with Crippen molar-refractivity contribution in [1.29, 1.82) is 0 Å². The van der Waals surface area contributed by atoms with Gasteiger partial charge in [-0.3, -0.25) is 0 Å². The number of halogens is 2. The molecule has 21 heavy (non-hydrogen) atoms. The molecule has 0 fully saturated rings. The first-order valence-electron chi connectivity index (χ1n) is 6.41. The van der Waals surface area contributed by atoms with Crippen molar-refractivity contribution in [2.24, 2.45) is 0 Å². The van der Waals surface area contributed by atoms with Gasteiger partial charge in [0, 0.05) is 6.54 Å². The third-order valence-corrected chi connectivity index (χ3v) is 3.63. The maximum absolute atomic E-state index is 13.7. The fourth-order valence-corrected chi connectivity index (χ4v) is 2.56. The quantitative estimate of drug-likeness (QED) is 0.824. The van der Waals surface area contributed by atoms with E-state index in [9.17, 15) is 8.78 Å². The van der Waals surface area contributed by atoms with Crippen LogP contribution in [0.3, 0.4) is 0 Å². The zero-order chi connectivity index (χ0) is 15.2. The molecule has 0 saturated carbocycles. The molecule has 2 rings (SSSR count). The van der Waals surface area contributed by atoms with E-state index in [2.05, 4.69) is 15.3 Å². The number of ether oxygens (including phenoxy) is 1. The smallest absolute Gasteiger partial charge is 0.194 e. The van der Waals surface area contributed by atoms with Crippen LogP contribution in [0.5, 0.6) is 5.75 Å². The average molecular weight is 311 g/mol. The van der Waals surface area contributed by atoms with Crippen LogP contribution >= 0.6 is 11.8 Å². The molecule has 0 amide bonds. The van der Waals surface area contributed by atoms with E-state index in [1.807, 2.05) is 6.92 Å². The molecule has 0 aliphatic carbocycles. The minimum atomic E-state index is -0.509. The Morgan fingerprint density at radius 3 is 2.81 bits per heavy atom. The van der Waals surface area contributed by atoms with Crippen LogP contribution < -0.4 is 10.1 Å². The van der Waals surface area contributed by atoms with Gasteiger partial charge in [0.2, 0.25) is 0 Å². The number of benzene rings is 1. The van der Waals surface area contributed by atoms with Crippen molar-refractivity contribution in [2.75, 3.05) is 19.0 Å². The van der Waals surface area contributed by atoms with Gasteiger partial charge in [-0.25, -0.2) is 18.7 Å².